The Balaban J connectivity index is 1.28. The van der Waals surface area contributed by atoms with Gasteiger partial charge in [-0.05, 0) is 61.0 Å². The van der Waals surface area contributed by atoms with Crippen LogP contribution in [0.1, 0.15) is 18.5 Å². The smallest absolute Gasteiger partial charge is 0.413 e. The number of ether oxygens (including phenoxy) is 2. The number of carbonyl (C=O) groups excluding carboxylic acids is 2. The van der Waals surface area contributed by atoms with E-state index >= 15 is 0 Å². The molecule has 0 aliphatic carbocycles. The van der Waals surface area contributed by atoms with Crippen molar-refractivity contribution in [1.82, 2.24) is 19.9 Å². The lowest BCUT2D eigenvalue weighted by Crippen LogP contribution is -2.38. The molecular formula is C28H25ClN6O4. The SMILES string of the molecule is C=CC(=O)N1CCC[C@@H]1OC(=O)Nc1ccc2ncnc(Nc3ccc(OCc4ccccn4)c(Cl)c3)c2c1. The molecule has 1 aliphatic heterocycles. The molecule has 0 spiro atoms. The summed E-state index contributed by atoms with van der Waals surface area (Å²) in [5.41, 5.74) is 2.64. The van der Waals surface area contributed by atoms with Crippen LogP contribution in [-0.2, 0) is 16.1 Å². The van der Waals surface area contributed by atoms with Gasteiger partial charge in [-0.3, -0.25) is 15.1 Å². The Morgan fingerprint density at radius 2 is 1.97 bits per heavy atom. The highest BCUT2D eigenvalue weighted by atomic mass is 35.5. The number of aromatic nitrogens is 3. The Morgan fingerprint density at radius 3 is 2.77 bits per heavy atom. The van der Waals surface area contributed by atoms with Crippen LogP contribution in [0.5, 0.6) is 5.75 Å². The molecule has 2 aromatic heterocycles. The van der Waals surface area contributed by atoms with Crippen LogP contribution in [0, 0.1) is 0 Å². The fourth-order valence-corrected chi connectivity index (χ4v) is 4.44. The first-order chi connectivity index (χ1) is 19.0. The lowest BCUT2D eigenvalue weighted by molar-refractivity contribution is -0.132. The zero-order valence-electron chi connectivity index (χ0n) is 20.8. The molecule has 1 aliphatic rings. The van der Waals surface area contributed by atoms with E-state index in [-0.39, 0.29) is 5.91 Å². The molecule has 3 heterocycles. The second-order valence-electron chi connectivity index (χ2n) is 8.70. The van der Waals surface area contributed by atoms with E-state index in [9.17, 15) is 9.59 Å². The number of carbonyl (C=O) groups is 2. The van der Waals surface area contributed by atoms with E-state index in [0.29, 0.717) is 58.4 Å². The zero-order chi connectivity index (χ0) is 27.2. The number of benzene rings is 2. The predicted octanol–water partition coefficient (Wildman–Crippen LogP) is 5.68. The zero-order valence-corrected chi connectivity index (χ0v) is 21.6. The summed E-state index contributed by atoms with van der Waals surface area (Å²) in [6, 6.07) is 16.2. The second-order valence-corrected chi connectivity index (χ2v) is 9.10. The Morgan fingerprint density at radius 1 is 1.10 bits per heavy atom. The number of likely N-dealkylation sites (tertiary alicyclic amines) is 1. The third kappa shape index (κ3) is 6.24. The van der Waals surface area contributed by atoms with Crippen LogP contribution in [0.2, 0.25) is 5.02 Å². The number of nitrogens with zero attached hydrogens (tertiary/aromatic N) is 4. The molecule has 39 heavy (non-hydrogen) atoms. The largest absolute Gasteiger partial charge is 0.486 e. The van der Waals surface area contributed by atoms with Crippen molar-refractivity contribution in [2.24, 2.45) is 0 Å². The number of nitrogens with one attached hydrogen (secondary N) is 2. The van der Waals surface area contributed by atoms with E-state index in [4.69, 9.17) is 21.1 Å². The van der Waals surface area contributed by atoms with Gasteiger partial charge in [0, 0.05) is 35.9 Å². The van der Waals surface area contributed by atoms with Crippen LogP contribution in [0.15, 0.2) is 79.8 Å². The van der Waals surface area contributed by atoms with Gasteiger partial charge in [0.1, 0.15) is 24.5 Å². The minimum absolute atomic E-state index is 0.267. The molecule has 0 saturated carbocycles. The molecule has 0 unspecified atom stereocenters. The molecule has 2 aromatic carbocycles. The minimum atomic E-state index is -0.664. The summed E-state index contributed by atoms with van der Waals surface area (Å²) in [6.45, 7) is 4.32. The van der Waals surface area contributed by atoms with Crippen molar-refractivity contribution in [1.29, 1.82) is 0 Å². The highest BCUT2D eigenvalue weighted by Crippen LogP contribution is 2.31. The normalized spacial score (nSPS) is 14.6. The average Bonchev–Trinajstić information content (AvgIpc) is 3.41. The molecule has 11 heteroatoms. The van der Waals surface area contributed by atoms with Crippen LogP contribution in [0.25, 0.3) is 10.9 Å². The van der Waals surface area contributed by atoms with Gasteiger partial charge in [0.25, 0.3) is 0 Å². The lowest BCUT2D eigenvalue weighted by atomic mass is 10.2. The number of hydrogen-bond donors (Lipinski definition) is 2. The molecule has 1 atom stereocenters. The molecule has 2 amide bonds. The summed E-state index contributed by atoms with van der Waals surface area (Å²) in [7, 11) is 0. The monoisotopic (exact) mass is 544 g/mol. The maximum atomic E-state index is 12.6. The molecule has 4 aromatic rings. The highest BCUT2D eigenvalue weighted by molar-refractivity contribution is 6.32. The van der Waals surface area contributed by atoms with Crippen LogP contribution >= 0.6 is 11.6 Å². The van der Waals surface area contributed by atoms with Gasteiger partial charge in [-0.25, -0.2) is 14.8 Å². The minimum Gasteiger partial charge on any atom is -0.486 e. The summed E-state index contributed by atoms with van der Waals surface area (Å²) in [5.74, 6) is 0.784. The van der Waals surface area contributed by atoms with E-state index in [1.54, 1.807) is 36.5 Å². The van der Waals surface area contributed by atoms with Crippen molar-refractivity contribution in [3.8, 4) is 5.75 Å². The van der Waals surface area contributed by atoms with E-state index in [1.807, 2.05) is 24.3 Å². The van der Waals surface area contributed by atoms with E-state index in [1.165, 1.54) is 17.3 Å². The van der Waals surface area contributed by atoms with Crippen molar-refractivity contribution in [3.05, 3.63) is 90.5 Å². The van der Waals surface area contributed by atoms with Crippen molar-refractivity contribution in [2.45, 2.75) is 25.7 Å². The molecule has 5 rings (SSSR count). The molecule has 1 saturated heterocycles. The second kappa shape index (κ2) is 11.8. The van der Waals surface area contributed by atoms with Gasteiger partial charge >= 0.3 is 6.09 Å². The first kappa shape index (κ1) is 25.9. The van der Waals surface area contributed by atoms with Crippen molar-refractivity contribution in [3.63, 3.8) is 0 Å². The van der Waals surface area contributed by atoms with Gasteiger partial charge in [-0.2, -0.15) is 0 Å². The van der Waals surface area contributed by atoms with E-state index < -0.39 is 12.3 Å². The maximum absolute atomic E-state index is 12.6. The van der Waals surface area contributed by atoms with E-state index in [2.05, 4.69) is 32.2 Å². The highest BCUT2D eigenvalue weighted by Gasteiger charge is 2.30. The number of amides is 2. The van der Waals surface area contributed by atoms with Gasteiger partial charge in [0.05, 0.1) is 16.2 Å². The first-order valence-corrected chi connectivity index (χ1v) is 12.6. The standard InChI is InChI=1S/C28H25ClN6O4/c1-2-25(36)35-13-5-7-26(35)39-28(37)34-18-8-10-23-21(14-18)27(32-17-31-23)33-19-9-11-24(22(29)15-19)38-16-20-6-3-4-12-30-20/h2-4,6,8-12,14-15,17,26H,1,5,7,13,16H2,(H,34,37)(H,31,32,33)/t26-/m0/s1. The van der Waals surface area contributed by atoms with Crippen molar-refractivity contribution in [2.75, 3.05) is 17.2 Å². The molecule has 10 nitrogen and oxygen atoms in total. The fourth-order valence-electron chi connectivity index (χ4n) is 4.20. The van der Waals surface area contributed by atoms with Crippen LogP contribution < -0.4 is 15.4 Å². The van der Waals surface area contributed by atoms with Gasteiger partial charge in [0.2, 0.25) is 5.91 Å². The first-order valence-electron chi connectivity index (χ1n) is 12.2. The molecule has 2 N–H and O–H groups in total. The summed E-state index contributed by atoms with van der Waals surface area (Å²) in [4.78, 5) is 39.0. The number of pyridine rings is 1. The third-order valence-electron chi connectivity index (χ3n) is 6.08. The number of hydrogen-bond acceptors (Lipinski definition) is 8. The van der Waals surface area contributed by atoms with Crippen molar-refractivity contribution < 1.29 is 19.1 Å². The van der Waals surface area contributed by atoms with Gasteiger partial charge in [-0.1, -0.05) is 24.2 Å². The summed E-state index contributed by atoms with van der Waals surface area (Å²) in [5, 5.41) is 7.07. The number of rotatable bonds is 8. The Bertz CT molecular complexity index is 1520. The van der Waals surface area contributed by atoms with Crippen LogP contribution in [0.3, 0.4) is 0 Å². The molecule has 0 radical (unpaired) electrons. The molecule has 1 fully saturated rings. The quantitative estimate of drug-likeness (QED) is 0.272. The molecular weight excluding hydrogens is 520 g/mol. The van der Waals surface area contributed by atoms with Crippen molar-refractivity contribution >= 4 is 51.7 Å². The predicted molar refractivity (Wildman–Crippen MR) is 148 cm³/mol. The number of fused-ring (bicyclic) bond motifs is 1. The summed E-state index contributed by atoms with van der Waals surface area (Å²) >= 11 is 6.46. The van der Waals surface area contributed by atoms with Gasteiger partial charge in [-0.15, -0.1) is 0 Å². The maximum Gasteiger partial charge on any atom is 0.413 e. The average molecular weight is 545 g/mol. The van der Waals surface area contributed by atoms with E-state index in [0.717, 1.165) is 12.1 Å². The number of halogens is 1. The Hall–Kier alpha value is -4.70. The van der Waals surface area contributed by atoms with Gasteiger partial charge in [0.15, 0.2) is 6.23 Å². The molecule has 198 valence electrons. The summed E-state index contributed by atoms with van der Waals surface area (Å²) in [6.07, 6.45) is 4.40. The topological polar surface area (TPSA) is 119 Å². The lowest BCUT2D eigenvalue weighted by Gasteiger charge is -2.23. The third-order valence-corrected chi connectivity index (χ3v) is 6.37. The van der Waals surface area contributed by atoms with Crippen LogP contribution in [0.4, 0.5) is 22.0 Å². The number of anilines is 3. The Kier molecular flexibility index (Phi) is 7.83. The molecule has 0 bridgehead atoms. The van der Waals surface area contributed by atoms with Gasteiger partial charge < -0.3 is 19.7 Å². The summed E-state index contributed by atoms with van der Waals surface area (Å²) < 4.78 is 11.3. The fraction of sp³-hybridized carbons (Fsp3) is 0.179. The Labute approximate surface area is 229 Å². The van der Waals surface area contributed by atoms with Crippen LogP contribution in [-0.4, -0.2) is 44.6 Å².